The minimum atomic E-state index is -0.204. The van der Waals surface area contributed by atoms with Crippen LogP contribution in [0.5, 0.6) is 0 Å². The minimum Gasteiger partial charge on any atom is -0.381 e. The summed E-state index contributed by atoms with van der Waals surface area (Å²) in [7, 11) is 4.07. The Hall–Kier alpha value is -1.75. The van der Waals surface area contributed by atoms with E-state index in [2.05, 4.69) is 22.5 Å². The fourth-order valence-electron chi connectivity index (χ4n) is 2.87. The van der Waals surface area contributed by atoms with Crippen LogP contribution in [0.15, 0.2) is 24.3 Å². The number of nitrogens with one attached hydrogen (secondary N) is 2. The van der Waals surface area contributed by atoms with Crippen LogP contribution < -0.4 is 10.6 Å². The van der Waals surface area contributed by atoms with Gasteiger partial charge in [0.05, 0.1) is 11.4 Å². The number of benzene rings is 1. The van der Waals surface area contributed by atoms with Crippen LogP contribution in [0.2, 0.25) is 0 Å². The van der Waals surface area contributed by atoms with Gasteiger partial charge in [-0.25, -0.2) is 0 Å². The molecule has 5 nitrogen and oxygen atoms in total. The Morgan fingerprint density at radius 2 is 2.00 bits per heavy atom. The van der Waals surface area contributed by atoms with Gasteiger partial charge in [-0.15, -0.1) is 0 Å². The SMILES string of the molecule is CCN(C(=O)C1CNc2ccccc2N1)C(C)CN(C)C. The Kier molecular flexibility index (Phi) is 5.07. The van der Waals surface area contributed by atoms with Crippen LogP contribution in [0.25, 0.3) is 0 Å². The molecule has 2 rings (SSSR count). The van der Waals surface area contributed by atoms with Crippen molar-refractivity contribution in [3.8, 4) is 0 Å². The molecule has 1 aromatic rings. The largest absolute Gasteiger partial charge is 0.381 e. The first-order valence-electron chi connectivity index (χ1n) is 7.57. The summed E-state index contributed by atoms with van der Waals surface area (Å²) in [5.41, 5.74) is 2.06. The zero-order chi connectivity index (χ0) is 15.4. The molecular formula is C16H26N4O. The standard InChI is InChI=1S/C16H26N4O/c1-5-20(12(2)11-19(3)4)16(21)15-10-17-13-8-6-7-9-14(13)18-15/h6-9,12,15,17-18H,5,10-11H2,1-4H3. The molecule has 0 fully saturated rings. The van der Waals surface area contributed by atoms with Crippen molar-refractivity contribution in [2.45, 2.75) is 25.9 Å². The number of likely N-dealkylation sites (N-methyl/N-ethyl adjacent to an activating group) is 2. The molecule has 2 unspecified atom stereocenters. The van der Waals surface area contributed by atoms with Gasteiger partial charge in [0.15, 0.2) is 0 Å². The highest BCUT2D eigenvalue weighted by Crippen LogP contribution is 2.25. The van der Waals surface area contributed by atoms with E-state index in [1.54, 1.807) is 0 Å². The van der Waals surface area contributed by atoms with Crippen molar-refractivity contribution in [1.82, 2.24) is 9.80 Å². The molecule has 0 aromatic heterocycles. The van der Waals surface area contributed by atoms with Crippen LogP contribution in [0.3, 0.4) is 0 Å². The highest BCUT2D eigenvalue weighted by atomic mass is 16.2. The van der Waals surface area contributed by atoms with E-state index in [-0.39, 0.29) is 18.0 Å². The molecule has 2 atom stereocenters. The van der Waals surface area contributed by atoms with Crippen molar-refractivity contribution in [3.05, 3.63) is 24.3 Å². The molecule has 5 heteroatoms. The molecule has 1 aliphatic heterocycles. The summed E-state index contributed by atoms with van der Waals surface area (Å²) in [4.78, 5) is 16.8. The van der Waals surface area contributed by atoms with Crippen LogP contribution >= 0.6 is 0 Å². The number of carbonyl (C=O) groups excluding carboxylic acids is 1. The summed E-state index contributed by atoms with van der Waals surface area (Å²) in [5, 5.41) is 6.68. The lowest BCUT2D eigenvalue weighted by atomic mass is 10.1. The fourth-order valence-corrected chi connectivity index (χ4v) is 2.87. The van der Waals surface area contributed by atoms with Gasteiger partial charge < -0.3 is 20.4 Å². The van der Waals surface area contributed by atoms with Crippen molar-refractivity contribution >= 4 is 17.3 Å². The second-order valence-corrected chi connectivity index (χ2v) is 5.86. The Morgan fingerprint density at radius 3 is 2.62 bits per heavy atom. The van der Waals surface area contributed by atoms with Crippen molar-refractivity contribution in [3.63, 3.8) is 0 Å². The number of fused-ring (bicyclic) bond motifs is 1. The van der Waals surface area contributed by atoms with Gasteiger partial charge in [-0.05, 0) is 40.1 Å². The topological polar surface area (TPSA) is 47.6 Å². The lowest BCUT2D eigenvalue weighted by molar-refractivity contribution is -0.133. The van der Waals surface area contributed by atoms with E-state index in [9.17, 15) is 4.79 Å². The van der Waals surface area contributed by atoms with Crippen LogP contribution in [-0.4, -0.2) is 61.5 Å². The Labute approximate surface area is 127 Å². The predicted octanol–water partition coefficient (Wildman–Crippen LogP) is 1.69. The number of hydrogen-bond acceptors (Lipinski definition) is 4. The monoisotopic (exact) mass is 290 g/mol. The second-order valence-electron chi connectivity index (χ2n) is 5.86. The van der Waals surface area contributed by atoms with Gasteiger partial charge in [0, 0.05) is 25.7 Å². The molecule has 1 heterocycles. The third kappa shape index (κ3) is 3.67. The zero-order valence-corrected chi connectivity index (χ0v) is 13.4. The van der Waals surface area contributed by atoms with Gasteiger partial charge in [0.25, 0.3) is 0 Å². The normalized spacial score (nSPS) is 18.4. The summed E-state index contributed by atoms with van der Waals surface area (Å²) in [6.07, 6.45) is 0. The van der Waals surface area contributed by atoms with Gasteiger partial charge >= 0.3 is 0 Å². The first-order valence-corrected chi connectivity index (χ1v) is 7.57. The molecular weight excluding hydrogens is 264 g/mol. The highest BCUT2D eigenvalue weighted by molar-refractivity contribution is 5.88. The summed E-state index contributed by atoms with van der Waals surface area (Å²) < 4.78 is 0. The average molecular weight is 290 g/mol. The van der Waals surface area contributed by atoms with Crippen LogP contribution in [0.1, 0.15) is 13.8 Å². The number of anilines is 2. The fraction of sp³-hybridized carbons (Fsp3) is 0.562. The molecule has 1 aliphatic rings. The van der Waals surface area contributed by atoms with Gasteiger partial charge in [0.1, 0.15) is 6.04 Å². The maximum absolute atomic E-state index is 12.8. The van der Waals surface area contributed by atoms with Crippen LogP contribution in [0, 0.1) is 0 Å². The number of amides is 1. The van der Waals surface area contributed by atoms with Crippen molar-refractivity contribution in [2.75, 3.05) is 44.4 Å². The second kappa shape index (κ2) is 6.80. The van der Waals surface area contributed by atoms with E-state index in [4.69, 9.17) is 0 Å². The summed E-state index contributed by atoms with van der Waals surface area (Å²) in [5.74, 6) is 0.161. The smallest absolute Gasteiger partial charge is 0.247 e. The molecule has 0 aliphatic carbocycles. The number of rotatable bonds is 5. The number of para-hydroxylation sites is 2. The third-order valence-corrected chi connectivity index (χ3v) is 3.84. The molecule has 21 heavy (non-hydrogen) atoms. The minimum absolute atomic E-state index is 0.161. The van der Waals surface area contributed by atoms with E-state index in [0.29, 0.717) is 6.54 Å². The predicted molar refractivity (Wildman–Crippen MR) is 87.7 cm³/mol. The Bertz CT molecular complexity index is 489. The quantitative estimate of drug-likeness (QED) is 0.866. The molecule has 0 saturated carbocycles. The van der Waals surface area contributed by atoms with Crippen molar-refractivity contribution in [1.29, 1.82) is 0 Å². The number of hydrogen-bond donors (Lipinski definition) is 2. The van der Waals surface area contributed by atoms with Gasteiger partial charge in [-0.2, -0.15) is 0 Å². The summed E-state index contributed by atoms with van der Waals surface area (Å²) in [6.45, 7) is 6.37. The van der Waals surface area contributed by atoms with Gasteiger partial charge in [-0.1, -0.05) is 12.1 Å². The van der Waals surface area contributed by atoms with Gasteiger partial charge in [-0.3, -0.25) is 4.79 Å². The lowest BCUT2D eigenvalue weighted by Crippen LogP contribution is -2.52. The Balaban J connectivity index is 2.06. The summed E-state index contributed by atoms with van der Waals surface area (Å²) in [6, 6.07) is 8.00. The highest BCUT2D eigenvalue weighted by Gasteiger charge is 2.29. The zero-order valence-electron chi connectivity index (χ0n) is 13.4. The molecule has 0 radical (unpaired) electrons. The van der Waals surface area contributed by atoms with Crippen molar-refractivity contribution in [2.24, 2.45) is 0 Å². The summed E-state index contributed by atoms with van der Waals surface area (Å²) >= 11 is 0. The average Bonchev–Trinajstić information content (AvgIpc) is 2.46. The van der Waals surface area contributed by atoms with E-state index in [1.165, 1.54) is 0 Å². The van der Waals surface area contributed by atoms with E-state index in [1.807, 2.05) is 50.2 Å². The first-order chi connectivity index (χ1) is 10.0. The van der Waals surface area contributed by atoms with E-state index < -0.39 is 0 Å². The van der Waals surface area contributed by atoms with E-state index in [0.717, 1.165) is 24.5 Å². The molecule has 1 amide bonds. The van der Waals surface area contributed by atoms with Gasteiger partial charge in [0.2, 0.25) is 5.91 Å². The Morgan fingerprint density at radius 1 is 1.33 bits per heavy atom. The number of carbonyl (C=O) groups is 1. The number of nitrogens with zero attached hydrogens (tertiary/aromatic N) is 2. The molecule has 0 spiro atoms. The molecule has 0 saturated heterocycles. The van der Waals surface area contributed by atoms with E-state index >= 15 is 0 Å². The maximum atomic E-state index is 12.8. The first kappa shape index (κ1) is 15.6. The molecule has 116 valence electrons. The van der Waals surface area contributed by atoms with Crippen LogP contribution in [-0.2, 0) is 4.79 Å². The maximum Gasteiger partial charge on any atom is 0.247 e. The van der Waals surface area contributed by atoms with Crippen molar-refractivity contribution < 1.29 is 4.79 Å². The third-order valence-electron chi connectivity index (χ3n) is 3.84. The van der Waals surface area contributed by atoms with Crippen LogP contribution in [0.4, 0.5) is 11.4 Å². The molecule has 0 bridgehead atoms. The molecule has 2 N–H and O–H groups in total. The lowest BCUT2D eigenvalue weighted by Gasteiger charge is -2.35. The molecule has 1 aromatic carbocycles.